The summed E-state index contributed by atoms with van der Waals surface area (Å²) in [5.41, 5.74) is 23.8. The molecule has 0 saturated carbocycles. The topological polar surface area (TPSA) is 280 Å². The monoisotopic (exact) mass is 1570 g/mol. The predicted octanol–water partition coefficient (Wildman–Crippen LogP) is 11.0. The zero-order valence-corrected chi connectivity index (χ0v) is 68.9. The maximum Gasteiger partial charge on any atom is 0.258 e. The van der Waals surface area contributed by atoms with E-state index in [1.807, 2.05) is 169 Å². The van der Waals surface area contributed by atoms with E-state index in [-0.39, 0.29) is 22.2 Å². The first-order valence-corrected chi connectivity index (χ1v) is 40.5. The molecule has 0 spiro atoms. The molecule has 0 aliphatic carbocycles. The lowest BCUT2D eigenvalue weighted by Gasteiger charge is -2.23. The van der Waals surface area contributed by atoms with Gasteiger partial charge < -0.3 is 25.3 Å². The molecule has 3 aliphatic heterocycles. The highest BCUT2D eigenvalue weighted by Gasteiger charge is 2.26. The van der Waals surface area contributed by atoms with Gasteiger partial charge in [-0.2, -0.15) is 20.4 Å². The number of hydrogen-bond acceptors (Lipinski definition) is 20. The van der Waals surface area contributed by atoms with Gasteiger partial charge >= 0.3 is 0 Å². The van der Waals surface area contributed by atoms with Crippen LogP contribution in [0.2, 0.25) is 0 Å². The third-order valence-electron chi connectivity index (χ3n) is 22.6. The summed E-state index contributed by atoms with van der Waals surface area (Å²) in [5.74, 6) is 1.64. The van der Waals surface area contributed by atoms with Gasteiger partial charge in [0, 0.05) is 86.7 Å². The van der Waals surface area contributed by atoms with Crippen LogP contribution in [-0.4, -0.2) is 181 Å². The van der Waals surface area contributed by atoms with E-state index in [1.54, 1.807) is 50.9 Å². The number of anilines is 1. The Bertz CT molecular complexity index is 6720. The van der Waals surface area contributed by atoms with E-state index in [2.05, 4.69) is 119 Å². The van der Waals surface area contributed by atoms with Gasteiger partial charge in [0.25, 0.3) is 22.2 Å². The number of nitrogens with one attached hydrogen (secondary N) is 2. The van der Waals surface area contributed by atoms with Gasteiger partial charge in [-0.25, -0.2) is 33.5 Å². The highest BCUT2D eigenvalue weighted by atomic mass is 16.1. The SMILES string of the molecule is CCc1nc(C)cn2nc(-c3cc(=O)n4cc(C5CCNCC5)cc(C)c4n3)cc12.Cc1cc(C2CCNCC2)cn2c(=O)cc(-c3ccc4c(cnn4C)c3)nc12.Cc1cn2nc(-c3cc(=O)n4cc(CCCN(C)C)ccc4n3)cc2c(C)n1.Cc1cn2nc(-c3cc(=O)n4cc(N5CC[C@@H](CN(C)C)C5)ccc4n3)cc2c(C)n1. The first kappa shape index (κ1) is 78.5. The van der Waals surface area contributed by atoms with Crippen LogP contribution in [0.3, 0.4) is 0 Å². The number of rotatable bonds is 14. The Morgan fingerprint density at radius 2 is 0.957 bits per heavy atom. The summed E-state index contributed by atoms with van der Waals surface area (Å²) in [6, 6.07) is 30.6. The molecule has 18 heterocycles. The third kappa shape index (κ3) is 16.8. The molecule has 117 heavy (non-hydrogen) atoms. The van der Waals surface area contributed by atoms with Crippen LogP contribution in [0, 0.1) is 54.4 Å². The Kier molecular flexibility index (Phi) is 22.2. The van der Waals surface area contributed by atoms with Gasteiger partial charge in [-0.1, -0.05) is 31.2 Å². The van der Waals surface area contributed by atoms with Crippen LogP contribution in [0.15, 0.2) is 166 Å². The first-order chi connectivity index (χ1) is 56.4. The summed E-state index contributed by atoms with van der Waals surface area (Å²) >= 11 is 0. The molecule has 0 radical (unpaired) electrons. The van der Waals surface area contributed by atoms with Crippen molar-refractivity contribution < 1.29 is 0 Å². The van der Waals surface area contributed by atoms with Crippen molar-refractivity contribution in [2.24, 2.45) is 13.0 Å². The second-order valence-corrected chi connectivity index (χ2v) is 32.2. The molecule has 0 amide bonds. The second kappa shape index (κ2) is 33.1. The number of piperidine rings is 2. The highest BCUT2D eigenvalue weighted by molar-refractivity contribution is 5.84. The molecule has 16 aromatic rings. The molecule has 0 bridgehead atoms. The Hall–Kier alpha value is -12.4. The van der Waals surface area contributed by atoms with E-state index < -0.39 is 0 Å². The maximum atomic E-state index is 13.0. The van der Waals surface area contributed by atoms with Crippen LogP contribution in [-0.2, 0) is 19.9 Å². The van der Waals surface area contributed by atoms with Crippen molar-refractivity contribution >= 4 is 55.7 Å². The van der Waals surface area contributed by atoms with Gasteiger partial charge in [0.15, 0.2) is 0 Å². The largest absolute Gasteiger partial charge is 0.370 e. The molecule has 1 aromatic carbocycles. The summed E-state index contributed by atoms with van der Waals surface area (Å²) in [6.07, 6.45) is 23.6. The third-order valence-corrected chi connectivity index (χ3v) is 22.6. The fourth-order valence-electron chi connectivity index (χ4n) is 16.7. The van der Waals surface area contributed by atoms with Crippen LogP contribution >= 0.6 is 0 Å². The van der Waals surface area contributed by atoms with E-state index in [0.717, 1.165) is 193 Å². The molecule has 600 valence electrons. The van der Waals surface area contributed by atoms with E-state index in [4.69, 9.17) is 15.0 Å². The first-order valence-electron chi connectivity index (χ1n) is 40.5. The summed E-state index contributed by atoms with van der Waals surface area (Å²) in [4.78, 5) is 90.9. The number of nitrogens with zero attached hydrogens (tertiary/aromatic N) is 22. The molecular weight excluding hydrogens is 1470 g/mol. The maximum absolute atomic E-state index is 13.0. The minimum Gasteiger partial charge on any atom is -0.370 e. The number of fused-ring (bicyclic) bond motifs is 8. The van der Waals surface area contributed by atoms with Crippen LogP contribution in [0.1, 0.15) is 119 Å². The van der Waals surface area contributed by atoms with Crippen molar-refractivity contribution in [1.82, 2.24) is 112 Å². The number of hydrogen-bond donors (Lipinski definition) is 2. The lowest BCUT2D eigenvalue weighted by Crippen LogP contribution is -2.27. The van der Waals surface area contributed by atoms with Crippen molar-refractivity contribution in [3.63, 3.8) is 0 Å². The van der Waals surface area contributed by atoms with E-state index in [9.17, 15) is 19.2 Å². The molecule has 0 unspecified atom stereocenters. The Morgan fingerprint density at radius 1 is 0.462 bits per heavy atom. The van der Waals surface area contributed by atoms with Crippen LogP contribution < -0.4 is 37.8 Å². The van der Waals surface area contributed by atoms with E-state index in [1.165, 1.54) is 17.5 Å². The van der Waals surface area contributed by atoms with Crippen LogP contribution in [0.5, 0.6) is 0 Å². The lowest BCUT2D eigenvalue weighted by molar-refractivity contribution is 0.340. The fraction of sp³-hybridized carbons (Fsp3) is 0.360. The Balaban J connectivity index is 0.000000117. The Morgan fingerprint density at radius 3 is 1.50 bits per heavy atom. The second-order valence-electron chi connectivity index (χ2n) is 32.2. The minimum atomic E-state index is -0.103. The van der Waals surface area contributed by atoms with Crippen molar-refractivity contribution in [3.8, 4) is 45.4 Å². The molecule has 2 N–H and O–H groups in total. The number of benzene rings is 1. The Labute approximate surface area is 676 Å². The molecule has 15 aromatic heterocycles. The van der Waals surface area contributed by atoms with Gasteiger partial charge in [-0.15, -0.1) is 0 Å². The fourth-order valence-corrected chi connectivity index (χ4v) is 16.7. The summed E-state index contributed by atoms with van der Waals surface area (Å²) in [7, 11) is 10.3. The number of aromatic nitrogens is 19. The van der Waals surface area contributed by atoms with E-state index >= 15 is 0 Å². The molecule has 3 fully saturated rings. The smallest absolute Gasteiger partial charge is 0.258 e. The van der Waals surface area contributed by atoms with Gasteiger partial charge in [0.1, 0.15) is 39.7 Å². The minimum absolute atomic E-state index is 0.0369. The van der Waals surface area contributed by atoms with Gasteiger partial charge in [0.2, 0.25) is 0 Å². The summed E-state index contributed by atoms with van der Waals surface area (Å²) in [6.45, 7) is 24.1. The van der Waals surface area contributed by atoms with Gasteiger partial charge in [-0.05, 0) is 255 Å². The zero-order chi connectivity index (χ0) is 81.6. The number of pyridine rings is 4. The average Bonchev–Trinajstić information content (AvgIpc) is 1.83. The van der Waals surface area contributed by atoms with Crippen LogP contribution in [0.4, 0.5) is 5.69 Å². The standard InChI is InChI=1S/C23H27N7O.C23H26N6O.C22H23N5O.C21H24N6O/c1-15-11-30-21(16(2)24-15)9-20(26-30)19-10-23(31)29-14-18(5-6-22(29)25-19)28-8-7-17(13-28)12-27(3)4;1-4-18-21-10-20(27-29(21)12-15(3)25-18)19-11-22(30)28-13-17(9-14(2)23(28)26-19)16-5-7-24-8-6-16;1-14-9-18(15-5-7-23-8-6-15)13-27-21(28)11-19(25-22(14)27)16-3-4-20-17(10-16)12-24-26(20)2;1-14-12-27-19(15(2)22-14)10-18(24-27)17-11-21(28)26-13-16(6-5-9-25(3)4)7-8-20(26)23-17/h5-6,9-11,14,17H,7-8,12-13H2,1-4H3;9-13,16,24H,4-8H2,1-3H3;3-4,9-13,15,23H,5-8H2,1-2H3;7-8,10-13H,5-6,9H2,1-4H3/t17-;;;/m0.../s1. The predicted molar refractivity (Wildman–Crippen MR) is 459 cm³/mol. The molecule has 3 aliphatic rings. The average molecular weight is 1570 g/mol. The molecule has 19 rings (SSSR count). The molecule has 3 saturated heterocycles. The van der Waals surface area contributed by atoms with Crippen molar-refractivity contribution in [1.29, 1.82) is 0 Å². The highest BCUT2D eigenvalue weighted by Crippen LogP contribution is 2.32. The van der Waals surface area contributed by atoms with Gasteiger partial charge in [0.05, 0.1) is 109 Å². The summed E-state index contributed by atoms with van der Waals surface area (Å²) < 4.78 is 13.9. The quantitative estimate of drug-likeness (QED) is 0.102. The van der Waals surface area contributed by atoms with Crippen molar-refractivity contribution in [3.05, 3.63) is 250 Å². The van der Waals surface area contributed by atoms with E-state index in [0.29, 0.717) is 74.6 Å². The summed E-state index contributed by atoms with van der Waals surface area (Å²) in [5, 5.41) is 26.0. The normalized spacial score (nSPS) is 14.9. The van der Waals surface area contributed by atoms with Crippen LogP contribution in [0.25, 0.3) is 95.5 Å². The van der Waals surface area contributed by atoms with Crippen molar-refractivity contribution in [2.45, 2.75) is 119 Å². The molecular formula is C89H100N24O4. The van der Waals surface area contributed by atoms with Crippen molar-refractivity contribution in [2.75, 3.05) is 85.4 Å². The molecule has 1 atom stereocenters. The molecule has 28 heteroatoms. The lowest BCUT2D eigenvalue weighted by atomic mass is 9.90. The number of aryl methyl sites for hydroxylation is 10. The zero-order valence-electron chi connectivity index (χ0n) is 68.9. The van der Waals surface area contributed by atoms with Gasteiger partial charge in [-0.3, -0.25) is 56.4 Å². The molecule has 28 nitrogen and oxygen atoms in total.